The molecule has 0 aliphatic carbocycles. The van der Waals surface area contributed by atoms with Gasteiger partial charge in [0.05, 0.1) is 18.4 Å². The van der Waals surface area contributed by atoms with Crippen molar-refractivity contribution in [3.8, 4) is 0 Å². The summed E-state index contributed by atoms with van der Waals surface area (Å²) in [7, 11) is 1.19. The van der Waals surface area contributed by atoms with Crippen LogP contribution in [0.25, 0.3) is 0 Å². The lowest BCUT2D eigenvalue weighted by Crippen LogP contribution is -2.49. The number of pyridine rings is 1. The minimum absolute atomic E-state index is 0.0313. The van der Waals surface area contributed by atoms with E-state index in [0.29, 0.717) is 0 Å². The highest BCUT2D eigenvalue weighted by Gasteiger charge is 2.35. The molecule has 0 spiro atoms. The predicted molar refractivity (Wildman–Crippen MR) is 76.7 cm³/mol. The fourth-order valence-corrected chi connectivity index (χ4v) is 1.91. The maximum absolute atomic E-state index is 12.6. The molecule has 0 radical (unpaired) electrons. The minimum Gasteiger partial charge on any atom is -0.467 e. The smallest absolute Gasteiger partial charge is 0.433 e. The van der Waals surface area contributed by atoms with Crippen molar-refractivity contribution < 1.29 is 27.5 Å². The van der Waals surface area contributed by atoms with Crippen LogP contribution in [0.1, 0.15) is 42.5 Å². The van der Waals surface area contributed by atoms with Crippen molar-refractivity contribution >= 4 is 11.9 Å². The van der Waals surface area contributed by atoms with Gasteiger partial charge in [0.2, 0.25) is 0 Å². The van der Waals surface area contributed by atoms with Gasteiger partial charge in [0.15, 0.2) is 0 Å². The lowest BCUT2D eigenvalue weighted by atomic mass is 9.86. The van der Waals surface area contributed by atoms with Crippen LogP contribution < -0.4 is 5.32 Å². The summed E-state index contributed by atoms with van der Waals surface area (Å²) in [6.45, 7) is 6.49. The quantitative estimate of drug-likeness (QED) is 0.864. The van der Waals surface area contributed by atoms with E-state index < -0.39 is 35.2 Å². The van der Waals surface area contributed by atoms with Crippen molar-refractivity contribution in [2.24, 2.45) is 5.41 Å². The van der Waals surface area contributed by atoms with Gasteiger partial charge < -0.3 is 10.1 Å². The summed E-state index contributed by atoms with van der Waals surface area (Å²) in [5.41, 5.74) is -1.81. The van der Waals surface area contributed by atoms with Crippen molar-refractivity contribution in [3.63, 3.8) is 0 Å². The van der Waals surface area contributed by atoms with Crippen molar-refractivity contribution in [2.75, 3.05) is 7.11 Å². The summed E-state index contributed by atoms with van der Waals surface area (Å²) in [4.78, 5) is 27.5. The number of methoxy groups -OCH3 is 1. The molecule has 0 aliphatic heterocycles. The molecule has 1 rings (SSSR count). The van der Waals surface area contributed by atoms with Gasteiger partial charge in [0, 0.05) is 0 Å². The Balaban J connectivity index is 3.08. The van der Waals surface area contributed by atoms with E-state index in [9.17, 15) is 22.8 Å². The molecule has 0 bridgehead atoms. The van der Waals surface area contributed by atoms with Crippen LogP contribution in [-0.4, -0.2) is 30.0 Å². The Morgan fingerprint density at radius 2 is 1.78 bits per heavy atom. The molecule has 1 amide bonds. The number of hydrogen-bond acceptors (Lipinski definition) is 4. The highest BCUT2D eigenvalue weighted by atomic mass is 19.4. The van der Waals surface area contributed by atoms with Crippen LogP contribution in [-0.2, 0) is 15.7 Å². The van der Waals surface area contributed by atoms with E-state index in [0.717, 1.165) is 12.1 Å². The first-order chi connectivity index (χ1) is 10.4. The molecule has 1 unspecified atom stereocenters. The lowest BCUT2D eigenvalue weighted by Gasteiger charge is -2.29. The highest BCUT2D eigenvalue weighted by Crippen LogP contribution is 2.28. The van der Waals surface area contributed by atoms with Gasteiger partial charge in [-0.2, -0.15) is 13.2 Å². The molecule has 1 aromatic rings. The number of carbonyl (C=O) groups excluding carboxylic acids is 2. The summed E-state index contributed by atoms with van der Waals surface area (Å²) in [6, 6.07) is 0.825. The standard InChI is InChI=1S/C15H19F3N2O3/c1-8-9(6-7-10(19-8)15(16,17)18)12(21)20-11(13(22)23-5)14(2,3)4/h6-7,11H,1-5H3,(H,20,21). The van der Waals surface area contributed by atoms with Gasteiger partial charge in [0.1, 0.15) is 11.7 Å². The van der Waals surface area contributed by atoms with Gasteiger partial charge in [-0.3, -0.25) is 4.79 Å². The van der Waals surface area contributed by atoms with Crippen LogP contribution in [0.4, 0.5) is 13.2 Å². The van der Waals surface area contributed by atoms with Crippen molar-refractivity contribution in [2.45, 2.75) is 39.9 Å². The number of rotatable bonds is 3. The molecule has 0 aliphatic rings. The van der Waals surface area contributed by atoms with Crippen LogP contribution >= 0.6 is 0 Å². The zero-order valence-corrected chi connectivity index (χ0v) is 13.5. The molecule has 0 saturated carbocycles. The van der Waals surface area contributed by atoms with Crippen LogP contribution in [0.5, 0.6) is 0 Å². The van der Waals surface area contributed by atoms with Crippen molar-refractivity contribution in [1.29, 1.82) is 0 Å². The molecular formula is C15H19F3N2O3. The Morgan fingerprint density at radius 1 is 1.22 bits per heavy atom. The second-order valence-corrected chi connectivity index (χ2v) is 6.12. The molecule has 1 atom stereocenters. The predicted octanol–water partition coefficient (Wildman–Crippen LogP) is 2.73. The normalized spacial score (nSPS) is 13.4. The fourth-order valence-electron chi connectivity index (χ4n) is 1.91. The van der Waals surface area contributed by atoms with Crippen molar-refractivity contribution in [1.82, 2.24) is 10.3 Å². The van der Waals surface area contributed by atoms with Gasteiger partial charge in [0.25, 0.3) is 5.91 Å². The third-order valence-corrected chi connectivity index (χ3v) is 3.20. The third kappa shape index (κ3) is 4.67. The SMILES string of the molecule is COC(=O)C(NC(=O)c1ccc(C(F)(F)F)nc1C)C(C)(C)C. The highest BCUT2D eigenvalue weighted by molar-refractivity contribution is 5.97. The number of hydrogen-bond donors (Lipinski definition) is 1. The van der Waals surface area contributed by atoms with Gasteiger partial charge in [-0.25, -0.2) is 9.78 Å². The molecule has 1 N–H and O–H groups in total. The number of aryl methyl sites for hydroxylation is 1. The van der Waals surface area contributed by atoms with E-state index in [-0.39, 0.29) is 11.3 Å². The maximum Gasteiger partial charge on any atom is 0.433 e. The number of nitrogens with zero attached hydrogens (tertiary/aromatic N) is 1. The van der Waals surface area contributed by atoms with E-state index in [1.165, 1.54) is 14.0 Å². The van der Waals surface area contributed by atoms with E-state index in [1.54, 1.807) is 20.8 Å². The van der Waals surface area contributed by atoms with E-state index >= 15 is 0 Å². The first-order valence-electron chi connectivity index (χ1n) is 6.81. The molecular weight excluding hydrogens is 313 g/mol. The molecule has 5 nitrogen and oxygen atoms in total. The topological polar surface area (TPSA) is 68.3 Å². The summed E-state index contributed by atoms with van der Waals surface area (Å²) in [5, 5.41) is 2.49. The Bertz CT molecular complexity index is 607. The van der Waals surface area contributed by atoms with Gasteiger partial charge in [-0.1, -0.05) is 20.8 Å². The number of esters is 1. The summed E-state index contributed by atoms with van der Waals surface area (Å²) < 4.78 is 42.4. The van der Waals surface area contributed by atoms with Crippen LogP contribution in [0.15, 0.2) is 12.1 Å². The number of ether oxygens (including phenoxy) is 1. The molecule has 1 heterocycles. The second kappa shape index (κ2) is 6.55. The fraction of sp³-hybridized carbons (Fsp3) is 0.533. The summed E-state index contributed by atoms with van der Waals surface area (Å²) >= 11 is 0. The molecule has 1 aromatic heterocycles. The number of aromatic nitrogens is 1. The number of nitrogens with one attached hydrogen (secondary N) is 1. The summed E-state index contributed by atoms with van der Waals surface area (Å²) in [6.07, 6.45) is -4.58. The van der Waals surface area contributed by atoms with Gasteiger partial charge in [-0.15, -0.1) is 0 Å². The Kier molecular flexibility index (Phi) is 5.39. The number of halogens is 3. The van der Waals surface area contributed by atoms with E-state index in [4.69, 9.17) is 0 Å². The molecule has 128 valence electrons. The first kappa shape index (κ1) is 18.9. The summed E-state index contributed by atoms with van der Waals surface area (Å²) in [5.74, 6) is -1.32. The number of amides is 1. The maximum atomic E-state index is 12.6. The van der Waals surface area contributed by atoms with Crippen molar-refractivity contribution in [3.05, 3.63) is 29.1 Å². The molecule has 23 heavy (non-hydrogen) atoms. The molecule has 0 aromatic carbocycles. The van der Waals surface area contributed by atoms with E-state index in [1.807, 2.05) is 0 Å². The van der Waals surface area contributed by atoms with Crippen LogP contribution in [0, 0.1) is 12.3 Å². The monoisotopic (exact) mass is 332 g/mol. The second-order valence-electron chi connectivity index (χ2n) is 6.12. The zero-order chi connectivity index (χ0) is 18.0. The largest absolute Gasteiger partial charge is 0.467 e. The van der Waals surface area contributed by atoms with E-state index in [2.05, 4.69) is 15.0 Å². The Hall–Kier alpha value is -2.12. The Morgan fingerprint density at radius 3 is 2.17 bits per heavy atom. The third-order valence-electron chi connectivity index (χ3n) is 3.20. The molecule has 8 heteroatoms. The Labute approximate surface area is 132 Å². The first-order valence-corrected chi connectivity index (χ1v) is 6.81. The zero-order valence-electron chi connectivity index (χ0n) is 13.5. The van der Waals surface area contributed by atoms with Gasteiger partial charge in [-0.05, 0) is 24.5 Å². The lowest BCUT2D eigenvalue weighted by molar-refractivity contribution is -0.145. The average molecular weight is 332 g/mol. The average Bonchev–Trinajstić information content (AvgIpc) is 2.41. The molecule has 0 saturated heterocycles. The molecule has 0 fully saturated rings. The minimum atomic E-state index is -4.58. The number of alkyl halides is 3. The van der Waals surface area contributed by atoms with Crippen LogP contribution in [0.3, 0.4) is 0 Å². The number of carbonyl (C=O) groups is 2. The van der Waals surface area contributed by atoms with Crippen LogP contribution in [0.2, 0.25) is 0 Å². The van der Waals surface area contributed by atoms with Gasteiger partial charge >= 0.3 is 12.1 Å².